The van der Waals surface area contributed by atoms with Crippen LogP contribution in [0.4, 0.5) is 0 Å². The summed E-state index contributed by atoms with van der Waals surface area (Å²) in [5, 5.41) is 10.2. The molecule has 4 aromatic heterocycles. The summed E-state index contributed by atoms with van der Waals surface area (Å²) in [5.74, 6) is 0. The maximum absolute atomic E-state index is 2.44. The topological polar surface area (TPSA) is 19.7 Å². The van der Waals surface area contributed by atoms with Gasteiger partial charge in [0.1, 0.15) is 0 Å². The molecule has 6 heteroatoms. The van der Waals surface area contributed by atoms with Crippen LogP contribution in [0.25, 0.3) is 154 Å². The second-order valence-electron chi connectivity index (χ2n) is 23.8. The van der Waals surface area contributed by atoms with Crippen LogP contribution in [0.1, 0.15) is 11.1 Å². The maximum Gasteiger partial charge on any atom is 0.0542 e. The third-order valence-corrected chi connectivity index (χ3v) is 18.4. The van der Waals surface area contributed by atoms with E-state index in [1.54, 1.807) is 0 Å². The third-order valence-electron chi connectivity index (χ3n) is 18.4. The van der Waals surface area contributed by atoms with E-state index in [2.05, 4.69) is 360 Å². The molecule has 0 aliphatic heterocycles. The van der Waals surface area contributed by atoms with Crippen molar-refractivity contribution in [3.8, 4) is 67.3 Å². The van der Waals surface area contributed by atoms with Crippen LogP contribution in [0.3, 0.4) is 0 Å². The quantitative estimate of drug-likeness (QED) is 0.144. The van der Waals surface area contributed by atoms with Gasteiger partial charge < -0.3 is 18.3 Å². The molecule has 0 aliphatic rings. The van der Waals surface area contributed by atoms with Gasteiger partial charge in [0.2, 0.25) is 0 Å². The normalized spacial score (nSPS) is 11.4. The molecule has 434 valence electrons. The second kappa shape index (κ2) is 24.0. The Kier molecular flexibility index (Phi) is 15.1. The molecule has 14 aromatic carbocycles. The largest absolute Gasteiger partial charge is 0.309 e. The maximum atomic E-state index is 2.44. The summed E-state index contributed by atoms with van der Waals surface area (Å²) in [6, 6.07) is 119. The summed E-state index contributed by atoms with van der Waals surface area (Å²) < 4.78 is 9.65. The summed E-state index contributed by atoms with van der Waals surface area (Å²) in [7, 11) is 0. The molecule has 0 aliphatic carbocycles. The van der Waals surface area contributed by atoms with Gasteiger partial charge in [-0.05, 0) is 144 Å². The molecule has 18 aromatic rings. The first-order valence-electron chi connectivity index (χ1n) is 31.1. The van der Waals surface area contributed by atoms with Crippen LogP contribution in [0.15, 0.2) is 328 Å². The second-order valence-corrected chi connectivity index (χ2v) is 23.8. The van der Waals surface area contributed by atoms with Gasteiger partial charge in [-0.15, -0.1) is 0 Å². The number of hydrogen-bond acceptors (Lipinski definition) is 0. The average molecular weight is 1250 g/mol. The Morgan fingerprint density at radius 2 is 0.489 bits per heavy atom. The number of benzene rings is 14. The van der Waals surface area contributed by atoms with Crippen LogP contribution in [0, 0.1) is 13.8 Å². The van der Waals surface area contributed by atoms with Crippen molar-refractivity contribution >= 4 is 87.2 Å². The van der Waals surface area contributed by atoms with Gasteiger partial charge in [0.15, 0.2) is 0 Å². The number of fused-ring (bicyclic) bond motifs is 12. The minimum absolute atomic E-state index is 0. The molecule has 4 nitrogen and oxygen atoms in total. The zero-order valence-corrected chi connectivity index (χ0v) is 53.7. The van der Waals surface area contributed by atoms with Crippen molar-refractivity contribution in [3.63, 3.8) is 0 Å². The first kappa shape index (κ1) is 57.9. The van der Waals surface area contributed by atoms with Crippen molar-refractivity contribution in [2.45, 2.75) is 13.8 Å². The Labute approximate surface area is 558 Å². The van der Waals surface area contributed by atoms with Gasteiger partial charge in [0.25, 0.3) is 0 Å². The van der Waals surface area contributed by atoms with Crippen molar-refractivity contribution in [2.75, 3.05) is 0 Å². The predicted molar refractivity (Wildman–Crippen MR) is 381 cm³/mol. The van der Waals surface area contributed by atoms with Gasteiger partial charge in [-0.2, -0.15) is 0 Å². The van der Waals surface area contributed by atoms with E-state index in [0.717, 1.165) is 11.4 Å². The van der Waals surface area contributed by atoms with Crippen molar-refractivity contribution in [3.05, 3.63) is 339 Å². The van der Waals surface area contributed by atoms with Crippen molar-refractivity contribution < 1.29 is 37.1 Å². The molecule has 0 saturated heterocycles. The molecule has 2 radical (unpaired) electrons. The van der Waals surface area contributed by atoms with Gasteiger partial charge >= 0.3 is 0 Å². The van der Waals surface area contributed by atoms with E-state index in [0.29, 0.717) is 0 Å². The molecule has 0 spiro atoms. The van der Waals surface area contributed by atoms with Gasteiger partial charge in [-0.25, -0.2) is 0 Å². The summed E-state index contributed by atoms with van der Waals surface area (Å²) in [5.41, 5.74) is 26.5. The van der Waals surface area contributed by atoms with E-state index < -0.39 is 0 Å². The van der Waals surface area contributed by atoms with E-state index in [1.807, 2.05) is 0 Å². The number of rotatable bonds is 8. The summed E-state index contributed by atoms with van der Waals surface area (Å²) in [6.07, 6.45) is 0. The summed E-state index contributed by atoms with van der Waals surface area (Å²) >= 11 is 0. The molecule has 0 N–H and O–H groups in total. The van der Waals surface area contributed by atoms with Crippen LogP contribution < -0.4 is 0 Å². The van der Waals surface area contributed by atoms with Crippen molar-refractivity contribution in [2.24, 2.45) is 0 Å². The number of para-hydroxylation sites is 8. The Bertz CT molecular complexity index is 5610. The molecule has 4 heterocycles. The zero-order chi connectivity index (χ0) is 59.8. The molecule has 0 unspecified atom stereocenters. The summed E-state index contributed by atoms with van der Waals surface area (Å²) in [6.45, 7) is 4.30. The molecular weight excluding hydrogens is 1190 g/mol. The molecule has 0 atom stereocenters. The standard InChI is InChI=1S/2C43H30N2.2V/c1-29-12-10-13-30(26-29)31-14-11-15-32(27-31)38-28-33(44-39-20-6-2-16-34(39)35-17-3-7-21-40(35)44)24-25-43(38)45-41-22-8-4-18-36(41)37-19-5-9-23-42(37)45;1-29-18-20-31(21-19-29)38-28-32(24-27-43(38)45-41-16-8-4-12-36(41)37-13-5-9-17-42(37)45)30-22-25-33(26-23-30)44-39-14-6-2-10-34(39)35-11-3-7-15-40(35)44;;/h2*2-28H,1H3;;. The number of nitrogens with zero attached hydrogens (tertiary/aromatic N) is 4. The van der Waals surface area contributed by atoms with Gasteiger partial charge in [0.05, 0.1) is 55.5 Å². The monoisotopic (exact) mass is 1250 g/mol. The van der Waals surface area contributed by atoms with Crippen LogP contribution in [0.5, 0.6) is 0 Å². The average Bonchev–Trinajstić information content (AvgIpc) is 1.58. The van der Waals surface area contributed by atoms with Crippen LogP contribution in [0.2, 0.25) is 0 Å². The van der Waals surface area contributed by atoms with Gasteiger partial charge in [0, 0.05) is 103 Å². The Balaban J connectivity index is 0.000000149. The third kappa shape index (κ3) is 9.79. The van der Waals surface area contributed by atoms with E-state index in [9.17, 15) is 0 Å². The van der Waals surface area contributed by atoms with Crippen LogP contribution in [-0.4, -0.2) is 18.3 Å². The van der Waals surface area contributed by atoms with Crippen molar-refractivity contribution in [1.29, 1.82) is 0 Å². The van der Waals surface area contributed by atoms with Gasteiger partial charge in [-0.3, -0.25) is 0 Å². The Morgan fingerprint density at radius 3 is 0.913 bits per heavy atom. The number of aryl methyl sites for hydroxylation is 2. The molecular formula is C86H60N4V2. The fourth-order valence-electron chi connectivity index (χ4n) is 14.2. The van der Waals surface area contributed by atoms with Crippen LogP contribution in [-0.2, 0) is 37.1 Å². The minimum atomic E-state index is 0. The number of aromatic nitrogens is 4. The Hall–Kier alpha value is -10.6. The molecule has 0 amide bonds. The SMILES string of the molecule is Cc1ccc(-c2cc(-c3ccc(-n4c5ccccc5c5ccccc54)cc3)ccc2-n2c3ccccc3c3ccccc32)cc1.Cc1cccc(-c2cccc(-c3cc(-n4c5ccccc5c5ccccc54)ccc3-n3c4ccccc4c4ccccc43)c2)c1.[V].[V]. The fraction of sp³-hybridized carbons (Fsp3) is 0.0233. The smallest absolute Gasteiger partial charge is 0.0542 e. The zero-order valence-electron chi connectivity index (χ0n) is 50.9. The van der Waals surface area contributed by atoms with Crippen molar-refractivity contribution in [1.82, 2.24) is 18.3 Å². The molecule has 0 saturated carbocycles. The fourth-order valence-corrected chi connectivity index (χ4v) is 14.2. The predicted octanol–water partition coefficient (Wildman–Crippen LogP) is 23.0. The first-order chi connectivity index (χ1) is 44.5. The van der Waals surface area contributed by atoms with E-state index in [1.165, 1.54) is 154 Å². The first-order valence-corrected chi connectivity index (χ1v) is 31.1. The number of hydrogen-bond donors (Lipinski definition) is 0. The molecule has 0 bridgehead atoms. The summed E-state index contributed by atoms with van der Waals surface area (Å²) in [4.78, 5) is 0. The van der Waals surface area contributed by atoms with Gasteiger partial charge in [-0.1, -0.05) is 242 Å². The molecule has 0 fully saturated rings. The minimum Gasteiger partial charge on any atom is -0.309 e. The van der Waals surface area contributed by atoms with Crippen LogP contribution >= 0.6 is 0 Å². The molecule has 18 rings (SSSR count). The van der Waals surface area contributed by atoms with E-state index >= 15 is 0 Å². The van der Waals surface area contributed by atoms with E-state index in [4.69, 9.17) is 0 Å². The van der Waals surface area contributed by atoms with E-state index in [-0.39, 0.29) is 37.1 Å². The molecule has 92 heavy (non-hydrogen) atoms. The Morgan fingerprint density at radius 1 is 0.185 bits per heavy atom.